The van der Waals surface area contributed by atoms with E-state index >= 15 is 0 Å². The normalized spacial score (nSPS) is 35.5. The Hall–Kier alpha value is -0.160. The molecule has 0 aromatic heterocycles. The van der Waals surface area contributed by atoms with Crippen LogP contribution in [0.4, 0.5) is 0 Å². The van der Waals surface area contributed by atoms with Gasteiger partial charge < -0.3 is 14.7 Å². The van der Waals surface area contributed by atoms with Crippen LogP contribution in [0.3, 0.4) is 0 Å². The molecule has 3 atom stereocenters. The predicted octanol–water partition coefficient (Wildman–Crippen LogP) is 1.04. The molecule has 0 N–H and O–H groups in total. The molecule has 20 heavy (non-hydrogen) atoms. The number of nitrogens with zero attached hydrogens (tertiary/aromatic N) is 4. The zero-order valence-electron chi connectivity index (χ0n) is 14.2. The molecule has 0 bridgehead atoms. The SMILES string of the molecule is CCC1CN(CCC2CN(C)CC(C)N2C)CCN1C. The summed E-state index contributed by atoms with van der Waals surface area (Å²) in [6.07, 6.45) is 2.58. The first-order chi connectivity index (χ1) is 9.51. The van der Waals surface area contributed by atoms with Crippen molar-refractivity contribution in [1.29, 1.82) is 0 Å². The van der Waals surface area contributed by atoms with E-state index < -0.39 is 0 Å². The molecule has 2 heterocycles. The number of hydrogen-bond donors (Lipinski definition) is 0. The first-order valence-corrected chi connectivity index (χ1v) is 8.34. The molecule has 0 amide bonds. The summed E-state index contributed by atoms with van der Waals surface area (Å²) in [6.45, 7) is 12.1. The highest BCUT2D eigenvalue weighted by Gasteiger charge is 2.29. The number of likely N-dealkylation sites (N-methyl/N-ethyl adjacent to an activating group) is 3. The predicted molar refractivity (Wildman–Crippen MR) is 86.3 cm³/mol. The average molecular weight is 282 g/mol. The van der Waals surface area contributed by atoms with Gasteiger partial charge in [-0.2, -0.15) is 0 Å². The second-order valence-electron chi connectivity index (χ2n) is 7.02. The quantitative estimate of drug-likeness (QED) is 0.764. The van der Waals surface area contributed by atoms with Crippen molar-refractivity contribution < 1.29 is 0 Å². The summed E-state index contributed by atoms with van der Waals surface area (Å²) in [4.78, 5) is 10.3. The Bertz CT molecular complexity index is 296. The molecule has 2 aliphatic heterocycles. The van der Waals surface area contributed by atoms with E-state index in [4.69, 9.17) is 0 Å². The van der Waals surface area contributed by atoms with Crippen molar-refractivity contribution in [1.82, 2.24) is 19.6 Å². The lowest BCUT2D eigenvalue weighted by Crippen LogP contribution is -2.56. The van der Waals surface area contributed by atoms with E-state index in [0.717, 1.165) is 12.1 Å². The highest BCUT2D eigenvalue weighted by molar-refractivity contribution is 4.86. The minimum atomic E-state index is 0.689. The van der Waals surface area contributed by atoms with Crippen molar-refractivity contribution >= 4 is 0 Å². The standard InChI is InChI=1S/C16H34N4/c1-6-15-13-20(10-9-18(15)4)8-7-16-12-17(3)11-14(2)19(16)5/h14-16H,6-13H2,1-5H3. The second kappa shape index (κ2) is 7.21. The van der Waals surface area contributed by atoms with E-state index in [1.807, 2.05) is 0 Å². The van der Waals surface area contributed by atoms with Crippen molar-refractivity contribution in [3.05, 3.63) is 0 Å². The lowest BCUT2D eigenvalue weighted by molar-refractivity contribution is 0.0439. The minimum absolute atomic E-state index is 0.689. The molecule has 0 spiro atoms. The van der Waals surface area contributed by atoms with Crippen LogP contribution in [0.2, 0.25) is 0 Å². The smallest absolute Gasteiger partial charge is 0.0235 e. The zero-order chi connectivity index (χ0) is 14.7. The molecule has 4 heteroatoms. The van der Waals surface area contributed by atoms with Gasteiger partial charge in [-0.25, -0.2) is 0 Å². The number of rotatable bonds is 4. The fraction of sp³-hybridized carbons (Fsp3) is 1.00. The second-order valence-corrected chi connectivity index (χ2v) is 7.02. The van der Waals surface area contributed by atoms with Gasteiger partial charge in [0, 0.05) is 50.8 Å². The van der Waals surface area contributed by atoms with Crippen molar-refractivity contribution in [2.24, 2.45) is 0 Å². The fourth-order valence-electron chi connectivity index (χ4n) is 3.78. The van der Waals surface area contributed by atoms with E-state index in [1.54, 1.807) is 0 Å². The third-order valence-corrected chi connectivity index (χ3v) is 5.48. The molecule has 2 saturated heterocycles. The maximum absolute atomic E-state index is 2.68. The van der Waals surface area contributed by atoms with Crippen molar-refractivity contribution in [2.45, 2.75) is 44.8 Å². The summed E-state index contributed by atoms with van der Waals surface area (Å²) >= 11 is 0. The average Bonchev–Trinajstić information content (AvgIpc) is 2.42. The highest BCUT2D eigenvalue weighted by Crippen LogP contribution is 2.17. The van der Waals surface area contributed by atoms with Crippen molar-refractivity contribution in [3.63, 3.8) is 0 Å². The van der Waals surface area contributed by atoms with E-state index in [0.29, 0.717) is 6.04 Å². The summed E-state index contributed by atoms with van der Waals surface area (Å²) < 4.78 is 0. The maximum Gasteiger partial charge on any atom is 0.0235 e. The molecule has 4 nitrogen and oxygen atoms in total. The first kappa shape index (κ1) is 16.2. The van der Waals surface area contributed by atoms with Crippen LogP contribution >= 0.6 is 0 Å². The Morgan fingerprint density at radius 2 is 1.70 bits per heavy atom. The first-order valence-electron chi connectivity index (χ1n) is 8.34. The lowest BCUT2D eigenvalue weighted by Gasteiger charge is -2.44. The third kappa shape index (κ3) is 3.94. The summed E-state index contributed by atoms with van der Waals surface area (Å²) in [5.41, 5.74) is 0. The molecule has 2 fully saturated rings. The Morgan fingerprint density at radius 3 is 2.40 bits per heavy atom. The Labute approximate surface area is 125 Å². The molecule has 0 radical (unpaired) electrons. The van der Waals surface area contributed by atoms with Crippen LogP contribution in [0.5, 0.6) is 0 Å². The van der Waals surface area contributed by atoms with Crippen LogP contribution < -0.4 is 0 Å². The van der Waals surface area contributed by atoms with Crippen LogP contribution in [-0.2, 0) is 0 Å². The van der Waals surface area contributed by atoms with Crippen LogP contribution in [0, 0.1) is 0 Å². The molecular formula is C16H34N4. The summed E-state index contributed by atoms with van der Waals surface area (Å²) in [7, 11) is 6.84. The summed E-state index contributed by atoms with van der Waals surface area (Å²) in [5, 5.41) is 0. The van der Waals surface area contributed by atoms with E-state index in [-0.39, 0.29) is 0 Å². The summed E-state index contributed by atoms with van der Waals surface area (Å²) in [5.74, 6) is 0. The number of piperazine rings is 2. The van der Waals surface area contributed by atoms with Gasteiger partial charge in [0.15, 0.2) is 0 Å². The molecule has 0 aromatic rings. The van der Waals surface area contributed by atoms with Crippen molar-refractivity contribution in [2.75, 3.05) is 60.4 Å². The van der Waals surface area contributed by atoms with Crippen molar-refractivity contribution in [3.8, 4) is 0 Å². The van der Waals surface area contributed by atoms with E-state index in [9.17, 15) is 0 Å². The largest absolute Gasteiger partial charge is 0.303 e. The molecule has 3 unspecified atom stereocenters. The third-order valence-electron chi connectivity index (χ3n) is 5.48. The highest BCUT2D eigenvalue weighted by atomic mass is 15.3. The van der Waals surface area contributed by atoms with Gasteiger partial charge in [-0.15, -0.1) is 0 Å². The molecule has 2 rings (SSSR count). The monoisotopic (exact) mass is 282 g/mol. The van der Waals surface area contributed by atoms with E-state index in [2.05, 4.69) is 54.6 Å². The Kier molecular flexibility index (Phi) is 5.84. The van der Waals surface area contributed by atoms with Crippen LogP contribution in [0.25, 0.3) is 0 Å². The molecule has 0 aliphatic carbocycles. The van der Waals surface area contributed by atoms with E-state index in [1.165, 1.54) is 52.1 Å². The van der Waals surface area contributed by atoms with Gasteiger partial charge in [0.25, 0.3) is 0 Å². The van der Waals surface area contributed by atoms with Crippen LogP contribution in [0.1, 0.15) is 26.7 Å². The summed E-state index contributed by atoms with van der Waals surface area (Å²) in [6, 6.07) is 2.17. The Morgan fingerprint density at radius 1 is 0.950 bits per heavy atom. The molecule has 0 aromatic carbocycles. The minimum Gasteiger partial charge on any atom is -0.303 e. The molecule has 2 aliphatic rings. The van der Waals surface area contributed by atoms with Gasteiger partial charge in [-0.3, -0.25) is 4.90 Å². The van der Waals surface area contributed by atoms with Gasteiger partial charge in [-0.1, -0.05) is 6.92 Å². The fourth-order valence-corrected chi connectivity index (χ4v) is 3.78. The van der Waals surface area contributed by atoms with Gasteiger partial charge in [0.2, 0.25) is 0 Å². The number of hydrogen-bond acceptors (Lipinski definition) is 4. The Balaban J connectivity index is 1.79. The van der Waals surface area contributed by atoms with Gasteiger partial charge >= 0.3 is 0 Å². The van der Waals surface area contributed by atoms with Gasteiger partial charge in [-0.05, 0) is 47.5 Å². The van der Waals surface area contributed by atoms with Crippen LogP contribution in [-0.4, -0.2) is 98.1 Å². The lowest BCUT2D eigenvalue weighted by atomic mass is 10.0. The molecular weight excluding hydrogens is 248 g/mol. The van der Waals surface area contributed by atoms with Gasteiger partial charge in [0.1, 0.15) is 0 Å². The molecule has 0 saturated carbocycles. The topological polar surface area (TPSA) is 13.0 Å². The maximum atomic E-state index is 2.68. The van der Waals surface area contributed by atoms with Gasteiger partial charge in [0.05, 0.1) is 0 Å². The molecule has 118 valence electrons. The zero-order valence-corrected chi connectivity index (χ0v) is 14.2. The van der Waals surface area contributed by atoms with Crippen LogP contribution in [0.15, 0.2) is 0 Å².